The first-order valence-electron chi connectivity index (χ1n) is 17.9. The molecule has 0 bridgehead atoms. The molecule has 3 amide bonds. The lowest BCUT2D eigenvalue weighted by molar-refractivity contribution is -0.122. The molecule has 4 rings (SSSR count). The molecular formula is C39H52N6O5S2. The van der Waals surface area contributed by atoms with Gasteiger partial charge in [-0.05, 0) is 55.7 Å². The van der Waals surface area contributed by atoms with Gasteiger partial charge >= 0.3 is 12.1 Å². The van der Waals surface area contributed by atoms with Crippen molar-refractivity contribution >= 4 is 40.6 Å². The number of amides is 3. The van der Waals surface area contributed by atoms with Crippen LogP contribution < -0.4 is 16.0 Å². The minimum Gasteiger partial charge on any atom is -0.444 e. The number of urea groups is 1. The molecule has 2 aromatic carbocycles. The minimum atomic E-state index is -0.721. The summed E-state index contributed by atoms with van der Waals surface area (Å²) in [6, 6.07) is 18.8. The van der Waals surface area contributed by atoms with Crippen molar-refractivity contribution in [2.45, 2.75) is 83.5 Å². The number of hydrogen-bond donors (Lipinski definition) is 4. The maximum Gasteiger partial charge on any atom is 0.407 e. The van der Waals surface area contributed by atoms with Crippen molar-refractivity contribution in [3.8, 4) is 0 Å². The standard InChI is InChI=1S/C39H52N6O5S2/c1-28(2)37-42-33(26-51-37)24-45(3)38(48)44-35(16-17-40-18-19-46)36(47)22-31(20-29-10-6-4-7-11-29)14-15-32(21-30-12-8-5-9-13-30)43-39(49)50-25-34-23-41-27-52-34/h4-13,23,26-28,31-32,35,40,46H,14-22,24-25H2,1-3H3,(H,43,49)(H,44,48). The summed E-state index contributed by atoms with van der Waals surface area (Å²) in [6.07, 6.45) is 4.40. The van der Waals surface area contributed by atoms with E-state index in [1.165, 1.54) is 11.3 Å². The smallest absolute Gasteiger partial charge is 0.407 e. The third kappa shape index (κ3) is 14.5. The maximum atomic E-state index is 14.1. The van der Waals surface area contributed by atoms with Gasteiger partial charge in [-0.2, -0.15) is 0 Å². The Kier molecular flexibility index (Phi) is 17.2. The van der Waals surface area contributed by atoms with Crippen LogP contribution in [0.25, 0.3) is 0 Å². The molecule has 2 aromatic heterocycles. The summed E-state index contributed by atoms with van der Waals surface area (Å²) in [7, 11) is 1.70. The molecule has 0 aliphatic carbocycles. The normalized spacial score (nSPS) is 12.9. The summed E-state index contributed by atoms with van der Waals surface area (Å²) in [4.78, 5) is 51.5. The molecule has 0 saturated carbocycles. The first kappa shape index (κ1) is 40.6. The van der Waals surface area contributed by atoms with E-state index >= 15 is 0 Å². The van der Waals surface area contributed by atoms with Crippen molar-refractivity contribution in [2.24, 2.45) is 5.92 Å². The number of ether oxygens (including phenoxy) is 1. The fraction of sp³-hybridized carbons (Fsp3) is 0.462. The summed E-state index contributed by atoms with van der Waals surface area (Å²) in [5.74, 6) is 0.207. The quantitative estimate of drug-likeness (QED) is 0.0682. The van der Waals surface area contributed by atoms with Gasteiger partial charge in [0, 0.05) is 43.5 Å². The highest BCUT2D eigenvalue weighted by Gasteiger charge is 2.27. The lowest BCUT2D eigenvalue weighted by Gasteiger charge is -2.26. The molecule has 4 aromatic rings. The van der Waals surface area contributed by atoms with Crippen molar-refractivity contribution in [2.75, 3.05) is 26.7 Å². The van der Waals surface area contributed by atoms with Gasteiger partial charge in [-0.25, -0.2) is 14.6 Å². The number of nitrogens with zero attached hydrogens (tertiary/aromatic N) is 3. The van der Waals surface area contributed by atoms with E-state index in [4.69, 9.17) is 4.74 Å². The van der Waals surface area contributed by atoms with E-state index in [-0.39, 0.29) is 43.4 Å². The number of hydrogen-bond acceptors (Lipinski definition) is 10. The molecule has 0 saturated heterocycles. The molecule has 280 valence electrons. The zero-order chi connectivity index (χ0) is 37.1. The van der Waals surface area contributed by atoms with Crippen LogP contribution >= 0.6 is 22.7 Å². The van der Waals surface area contributed by atoms with Gasteiger partial charge in [0.25, 0.3) is 0 Å². The number of alkyl carbamates (subject to hydrolysis) is 1. The monoisotopic (exact) mass is 748 g/mol. The Bertz CT molecular complexity index is 1620. The number of aromatic nitrogens is 2. The van der Waals surface area contributed by atoms with Crippen molar-refractivity contribution < 1.29 is 24.2 Å². The largest absolute Gasteiger partial charge is 0.444 e. The molecular weight excluding hydrogens is 697 g/mol. The zero-order valence-corrected chi connectivity index (χ0v) is 32.0. The second-order valence-electron chi connectivity index (χ2n) is 13.3. The summed E-state index contributed by atoms with van der Waals surface area (Å²) >= 11 is 3.01. The molecule has 0 aliphatic rings. The van der Waals surface area contributed by atoms with E-state index < -0.39 is 12.1 Å². The van der Waals surface area contributed by atoms with Gasteiger partial charge in [0.05, 0.1) is 40.3 Å². The van der Waals surface area contributed by atoms with E-state index in [0.717, 1.165) is 26.7 Å². The number of Topliss-reactive ketones (excluding diaryl/α,β-unsaturated/α-hetero) is 1. The average molecular weight is 749 g/mol. The maximum absolute atomic E-state index is 14.1. The summed E-state index contributed by atoms with van der Waals surface area (Å²) < 4.78 is 5.51. The van der Waals surface area contributed by atoms with E-state index in [1.54, 1.807) is 35.0 Å². The molecule has 0 spiro atoms. The fourth-order valence-corrected chi connectivity index (χ4v) is 7.20. The molecule has 11 nitrogen and oxygen atoms in total. The molecule has 52 heavy (non-hydrogen) atoms. The molecule has 13 heteroatoms. The second-order valence-corrected chi connectivity index (χ2v) is 15.2. The van der Waals surface area contributed by atoms with Crippen LogP contribution in [0.2, 0.25) is 0 Å². The van der Waals surface area contributed by atoms with Crippen molar-refractivity contribution in [1.29, 1.82) is 0 Å². The van der Waals surface area contributed by atoms with Crippen LogP contribution in [0.1, 0.15) is 72.2 Å². The van der Waals surface area contributed by atoms with E-state index in [0.29, 0.717) is 57.7 Å². The van der Waals surface area contributed by atoms with Crippen LogP contribution in [0, 0.1) is 5.92 Å². The Morgan fingerprint density at radius 2 is 1.62 bits per heavy atom. The van der Waals surface area contributed by atoms with Crippen molar-refractivity contribution in [3.05, 3.63) is 104 Å². The van der Waals surface area contributed by atoms with Crippen molar-refractivity contribution in [3.63, 3.8) is 0 Å². The number of carbonyl (C=O) groups is 3. The third-order valence-corrected chi connectivity index (χ3v) is 10.6. The highest BCUT2D eigenvalue weighted by Crippen LogP contribution is 2.23. The number of ketones is 1. The Labute approximate surface area is 315 Å². The number of aliphatic hydroxyl groups is 1. The van der Waals surface area contributed by atoms with Gasteiger partial charge in [0.2, 0.25) is 0 Å². The van der Waals surface area contributed by atoms with E-state index in [2.05, 4.69) is 51.9 Å². The van der Waals surface area contributed by atoms with Crippen LogP contribution in [0.4, 0.5) is 9.59 Å². The van der Waals surface area contributed by atoms with Crippen LogP contribution in [-0.2, 0) is 35.5 Å². The van der Waals surface area contributed by atoms with Crippen molar-refractivity contribution in [1.82, 2.24) is 30.8 Å². The van der Waals surface area contributed by atoms with Gasteiger partial charge in [0.15, 0.2) is 5.78 Å². The number of nitrogens with one attached hydrogen (secondary N) is 3. The van der Waals surface area contributed by atoms with Crippen LogP contribution in [-0.4, -0.2) is 76.7 Å². The first-order chi connectivity index (χ1) is 25.2. The second kappa shape index (κ2) is 22.0. The molecule has 2 heterocycles. The van der Waals surface area contributed by atoms with Gasteiger partial charge in [0.1, 0.15) is 6.61 Å². The van der Waals surface area contributed by atoms with Crippen LogP contribution in [0.15, 0.2) is 77.8 Å². The predicted molar refractivity (Wildman–Crippen MR) is 206 cm³/mol. The molecule has 0 fully saturated rings. The molecule has 4 N–H and O–H groups in total. The lowest BCUT2D eigenvalue weighted by atomic mass is 9.86. The zero-order valence-electron chi connectivity index (χ0n) is 30.3. The first-order valence-corrected chi connectivity index (χ1v) is 19.6. The van der Waals surface area contributed by atoms with Crippen LogP contribution in [0.3, 0.4) is 0 Å². The third-order valence-electron chi connectivity index (χ3n) is 8.65. The Balaban J connectivity index is 1.45. The number of rotatable bonds is 22. The Morgan fingerprint density at radius 3 is 2.25 bits per heavy atom. The Hall–Kier alpha value is -4.17. The highest BCUT2D eigenvalue weighted by atomic mass is 32.1. The number of thiazole rings is 2. The molecule has 0 radical (unpaired) electrons. The fourth-order valence-electron chi connectivity index (χ4n) is 5.87. The molecule has 3 unspecified atom stereocenters. The number of benzene rings is 2. The highest BCUT2D eigenvalue weighted by molar-refractivity contribution is 7.09. The summed E-state index contributed by atoms with van der Waals surface area (Å²) in [5, 5.41) is 21.5. The molecule has 3 atom stereocenters. The van der Waals surface area contributed by atoms with Gasteiger partial charge in [-0.1, -0.05) is 74.5 Å². The SMILES string of the molecule is CC(C)c1nc(CN(C)C(=O)NC(CCNCCO)C(=O)CC(CCC(Cc2ccccc2)NC(=O)OCc2cncs2)Cc2ccccc2)cs1. The Morgan fingerprint density at radius 1 is 0.904 bits per heavy atom. The topological polar surface area (TPSA) is 146 Å². The predicted octanol–water partition coefficient (Wildman–Crippen LogP) is 6.34. The summed E-state index contributed by atoms with van der Waals surface area (Å²) in [5.41, 5.74) is 4.72. The lowest BCUT2D eigenvalue weighted by Crippen LogP contribution is -2.48. The van der Waals surface area contributed by atoms with Crippen LogP contribution in [0.5, 0.6) is 0 Å². The van der Waals surface area contributed by atoms with Gasteiger partial charge in [-0.15, -0.1) is 22.7 Å². The van der Waals surface area contributed by atoms with Gasteiger partial charge in [-0.3, -0.25) is 9.78 Å². The summed E-state index contributed by atoms with van der Waals surface area (Å²) in [6.45, 7) is 5.50. The van der Waals surface area contributed by atoms with E-state index in [9.17, 15) is 19.5 Å². The number of carbonyl (C=O) groups excluding carboxylic acids is 3. The van der Waals surface area contributed by atoms with Gasteiger partial charge < -0.3 is 30.7 Å². The van der Waals surface area contributed by atoms with E-state index in [1.807, 2.05) is 53.9 Å². The molecule has 0 aliphatic heterocycles. The number of aliphatic hydroxyl groups excluding tert-OH is 1. The minimum absolute atomic E-state index is 0.0180. The average Bonchev–Trinajstić information content (AvgIpc) is 3.84.